The minimum Gasteiger partial charge on any atom is -0.310 e. The Morgan fingerprint density at radius 1 is 0.385 bits per heavy atom. The van der Waals surface area contributed by atoms with E-state index in [1.165, 1.54) is 87.7 Å². The number of para-hydroxylation sites is 2. The Kier molecular flexibility index (Phi) is 5.31. The SMILES string of the molecule is CC1(C)c2ccccc2-c2ccc(N(c3ccc4ccccc4c3)c3ccc4c(c3)n3c5ccccc5c5ccc6c7ccccc7n4c6c53)cc21. The van der Waals surface area contributed by atoms with Crippen LogP contribution in [0.1, 0.15) is 25.0 Å². The van der Waals surface area contributed by atoms with E-state index in [0.29, 0.717) is 0 Å². The Morgan fingerprint density at radius 2 is 0.942 bits per heavy atom. The molecule has 244 valence electrons. The molecule has 0 fully saturated rings. The summed E-state index contributed by atoms with van der Waals surface area (Å²) in [5.74, 6) is 0. The minimum atomic E-state index is -0.104. The van der Waals surface area contributed by atoms with Crippen LogP contribution in [0.2, 0.25) is 0 Å². The average Bonchev–Trinajstić information content (AvgIpc) is 3.79. The first-order chi connectivity index (χ1) is 25.6. The summed E-state index contributed by atoms with van der Waals surface area (Å²) < 4.78 is 5.02. The lowest BCUT2D eigenvalue weighted by molar-refractivity contribution is 0.660. The molecule has 0 aliphatic heterocycles. The van der Waals surface area contributed by atoms with Gasteiger partial charge < -0.3 is 13.7 Å². The van der Waals surface area contributed by atoms with E-state index in [0.717, 1.165) is 17.1 Å². The molecule has 1 aliphatic carbocycles. The first kappa shape index (κ1) is 28.2. The number of benzene rings is 8. The van der Waals surface area contributed by atoms with Crippen LogP contribution in [0.25, 0.3) is 76.5 Å². The number of nitrogens with zero attached hydrogens (tertiary/aromatic N) is 3. The topological polar surface area (TPSA) is 12.1 Å². The van der Waals surface area contributed by atoms with Gasteiger partial charge in [-0.05, 0) is 87.6 Å². The molecule has 0 spiro atoms. The van der Waals surface area contributed by atoms with Gasteiger partial charge in [-0.1, -0.05) is 123 Å². The highest BCUT2D eigenvalue weighted by molar-refractivity contribution is 6.25. The molecule has 8 aromatic carbocycles. The molecule has 3 heterocycles. The van der Waals surface area contributed by atoms with Crippen LogP contribution in [0.15, 0.2) is 164 Å². The summed E-state index contributed by atoms with van der Waals surface area (Å²) in [6.07, 6.45) is 0. The molecule has 0 N–H and O–H groups in total. The normalized spacial score (nSPS) is 13.7. The van der Waals surface area contributed by atoms with Crippen molar-refractivity contribution in [1.29, 1.82) is 0 Å². The molecule has 0 saturated carbocycles. The van der Waals surface area contributed by atoms with Gasteiger partial charge in [0, 0.05) is 44.0 Å². The summed E-state index contributed by atoms with van der Waals surface area (Å²) >= 11 is 0. The fourth-order valence-electron chi connectivity index (χ4n) is 9.61. The van der Waals surface area contributed by atoms with Gasteiger partial charge in [-0.15, -0.1) is 0 Å². The summed E-state index contributed by atoms with van der Waals surface area (Å²) in [5.41, 5.74) is 16.1. The highest BCUT2D eigenvalue weighted by atomic mass is 15.1. The van der Waals surface area contributed by atoms with Crippen LogP contribution in [-0.2, 0) is 5.41 Å². The zero-order valence-electron chi connectivity index (χ0n) is 28.9. The number of hydrogen-bond acceptors (Lipinski definition) is 1. The highest BCUT2D eigenvalue weighted by Gasteiger charge is 2.36. The number of rotatable bonds is 3. The first-order valence-corrected chi connectivity index (χ1v) is 18.2. The van der Waals surface area contributed by atoms with Gasteiger partial charge in [0.05, 0.1) is 33.1 Å². The molecule has 3 nitrogen and oxygen atoms in total. The van der Waals surface area contributed by atoms with Crippen molar-refractivity contribution in [2.24, 2.45) is 0 Å². The maximum atomic E-state index is 2.52. The monoisotopic (exact) mass is 663 g/mol. The van der Waals surface area contributed by atoms with Gasteiger partial charge in [0.25, 0.3) is 0 Å². The Morgan fingerprint density at radius 3 is 1.71 bits per heavy atom. The Balaban J connectivity index is 1.19. The van der Waals surface area contributed by atoms with Crippen molar-refractivity contribution < 1.29 is 0 Å². The predicted octanol–water partition coefficient (Wildman–Crippen LogP) is 13.2. The molecule has 0 radical (unpaired) electrons. The molecule has 3 aromatic heterocycles. The second-order valence-electron chi connectivity index (χ2n) is 15.0. The van der Waals surface area contributed by atoms with E-state index in [1.54, 1.807) is 0 Å². The maximum absolute atomic E-state index is 2.52. The second kappa shape index (κ2) is 9.80. The highest BCUT2D eigenvalue weighted by Crippen LogP contribution is 2.51. The van der Waals surface area contributed by atoms with Crippen molar-refractivity contribution >= 4 is 82.5 Å². The van der Waals surface area contributed by atoms with Gasteiger partial charge in [0.1, 0.15) is 0 Å². The second-order valence-corrected chi connectivity index (χ2v) is 15.0. The fraction of sp³-hybridized carbons (Fsp3) is 0.0612. The van der Waals surface area contributed by atoms with E-state index in [4.69, 9.17) is 0 Å². The molecule has 3 heteroatoms. The molecule has 0 unspecified atom stereocenters. The van der Waals surface area contributed by atoms with Crippen molar-refractivity contribution in [3.05, 3.63) is 175 Å². The van der Waals surface area contributed by atoms with E-state index < -0.39 is 0 Å². The average molecular weight is 664 g/mol. The Hall–Kier alpha value is -6.58. The lowest BCUT2D eigenvalue weighted by atomic mass is 9.82. The summed E-state index contributed by atoms with van der Waals surface area (Å²) in [7, 11) is 0. The quantitative estimate of drug-likeness (QED) is 0.171. The maximum Gasteiger partial charge on any atom is 0.0789 e. The number of anilines is 3. The largest absolute Gasteiger partial charge is 0.310 e. The van der Waals surface area contributed by atoms with Gasteiger partial charge in [-0.2, -0.15) is 0 Å². The first-order valence-electron chi connectivity index (χ1n) is 18.2. The molecule has 0 amide bonds. The summed E-state index contributed by atoms with van der Waals surface area (Å²) in [6, 6.07) is 61.0. The number of hydrogen-bond donors (Lipinski definition) is 0. The van der Waals surface area contributed by atoms with Crippen LogP contribution < -0.4 is 4.90 Å². The van der Waals surface area contributed by atoms with Gasteiger partial charge >= 0.3 is 0 Å². The van der Waals surface area contributed by atoms with Crippen LogP contribution >= 0.6 is 0 Å². The zero-order chi connectivity index (χ0) is 34.3. The molecule has 1 aliphatic rings. The lowest BCUT2D eigenvalue weighted by Crippen LogP contribution is -2.16. The van der Waals surface area contributed by atoms with Crippen LogP contribution in [0.3, 0.4) is 0 Å². The van der Waals surface area contributed by atoms with Crippen molar-refractivity contribution in [1.82, 2.24) is 8.80 Å². The number of fused-ring (bicyclic) bond motifs is 13. The third kappa shape index (κ3) is 3.50. The van der Waals surface area contributed by atoms with Gasteiger partial charge in [-0.3, -0.25) is 0 Å². The third-order valence-electron chi connectivity index (χ3n) is 12.0. The third-order valence-corrected chi connectivity index (χ3v) is 12.0. The van der Waals surface area contributed by atoms with Crippen LogP contribution in [0.4, 0.5) is 17.1 Å². The van der Waals surface area contributed by atoms with Crippen molar-refractivity contribution in [2.45, 2.75) is 19.3 Å². The molecule has 11 aromatic rings. The lowest BCUT2D eigenvalue weighted by Gasteiger charge is -2.29. The van der Waals surface area contributed by atoms with E-state index in [2.05, 4.69) is 191 Å². The van der Waals surface area contributed by atoms with E-state index in [1.807, 2.05) is 0 Å². The molecule has 0 saturated heterocycles. The summed E-state index contributed by atoms with van der Waals surface area (Å²) in [4.78, 5) is 2.46. The van der Waals surface area contributed by atoms with Gasteiger partial charge in [0.15, 0.2) is 0 Å². The van der Waals surface area contributed by atoms with E-state index >= 15 is 0 Å². The van der Waals surface area contributed by atoms with Crippen molar-refractivity contribution in [2.75, 3.05) is 4.90 Å². The van der Waals surface area contributed by atoms with E-state index in [9.17, 15) is 0 Å². The van der Waals surface area contributed by atoms with Crippen LogP contribution in [0.5, 0.6) is 0 Å². The molecule has 52 heavy (non-hydrogen) atoms. The number of aromatic nitrogens is 2. The van der Waals surface area contributed by atoms with Crippen molar-refractivity contribution in [3.8, 4) is 11.1 Å². The molecule has 0 atom stereocenters. The molecular weight excluding hydrogens is 631 g/mol. The summed E-state index contributed by atoms with van der Waals surface area (Å²) in [6.45, 7) is 4.73. The Labute approximate surface area is 300 Å². The molecular formula is C49H33N3. The van der Waals surface area contributed by atoms with Gasteiger partial charge in [-0.25, -0.2) is 0 Å². The smallest absolute Gasteiger partial charge is 0.0789 e. The zero-order valence-corrected chi connectivity index (χ0v) is 28.9. The standard InChI is InChI=1S/C49H33N3/c1-49(2)41-16-8-5-13-35(41)36-23-21-33(28-42(36)49)50(32-20-19-30-11-3-4-12-31(30)27-32)34-22-26-45-46(29-34)52-44-18-10-7-15-38(44)40-25-24-39-37-14-6-9-17-43(37)51(45)47(39)48(40)52/h3-29H,1-2H3. The predicted molar refractivity (Wildman–Crippen MR) is 219 cm³/mol. The van der Waals surface area contributed by atoms with Crippen LogP contribution in [-0.4, -0.2) is 8.80 Å². The fourth-order valence-corrected chi connectivity index (χ4v) is 9.61. The minimum absolute atomic E-state index is 0.104. The van der Waals surface area contributed by atoms with Crippen molar-refractivity contribution in [3.63, 3.8) is 0 Å². The van der Waals surface area contributed by atoms with Gasteiger partial charge in [0.2, 0.25) is 0 Å². The Bertz CT molecular complexity index is 3280. The summed E-state index contributed by atoms with van der Waals surface area (Å²) in [5, 5.41) is 7.61. The van der Waals surface area contributed by atoms with E-state index in [-0.39, 0.29) is 5.41 Å². The van der Waals surface area contributed by atoms with Crippen LogP contribution in [0, 0.1) is 0 Å². The molecule has 12 rings (SSSR count). The molecule has 0 bridgehead atoms.